The molecule has 7 heteroatoms. The highest BCUT2D eigenvalue weighted by Crippen LogP contribution is 2.10. The second-order valence-corrected chi connectivity index (χ2v) is 4.84. The molecular formula is C15H21N3O4. The van der Waals surface area contributed by atoms with Crippen molar-refractivity contribution >= 4 is 5.97 Å². The molecule has 0 radical (unpaired) electrons. The highest BCUT2D eigenvalue weighted by Gasteiger charge is 2.15. The molecule has 1 aromatic rings. The molecule has 0 aliphatic rings. The highest BCUT2D eigenvalue weighted by molar-refractivity contribution is 5.73. The van der Waals surface area contributed by atoms with Crippen molar-refractivity contribution in [3.63, 3.8) is 0 Å². The zero-order chi connectivity index (χ0) is 16.7. The Labute approximate surface area is 129 Å². The smallest absolute Gasteiger partial charge is 0.334 e. The van der Waals surface area contributed by atoms with Crippen molar-refractivity contribution in [3.8, 4) is 6.07 Å². The molecule has 22 heavy (non-hydrogen) atoms. The number of ether oxygens (including phenoxy) is 1. The van der Waals surface area contributed by atoms with Crippen molar-refractivity contribution in [2.45, 2.75) is 52.7 Å². The van der Waals surface area contributed by atoms with E-state index in [2.05, 4.69) is 5.10 Å². The summed E-state index contributed by atoms with van der Waals surface area (Å²) < 4.78 is 6.07. The van der Waals surface area contributed by atoms with E-state index in [0.717, 1.165) is 5.69 Å². The first-order chi connectivity index (χ1) is 10.5. The minimum Gasteiger partial charge on any atom is -0.464 e. The third-order valence-electron chi connectivity index (χ3n) is 3.24. The van der Waals surface area contributed by atoms with Gasteiger partial charge in [0.2, 0.25) is 0 Å². The summed E-state index contributed by atoms with van der Waals surface area (Å²) in [5.74, 6) is -0.700. The molecule has 0 fully saturated rings. The SMILES string of the molecule is CCc1nn(CCCOC(=O)C(C)O)c(=O)c(C#N)c1CC. The Kier molecular flexibility index (Phi) is 6.73. The molecule has 7 nitrogen and oxygen atoms in total. The number of aliphatic hydroxyl groups is 1. The monoisotopic (exact) mass is 307 g/mol. The first-order valence-corrected chi connectivity index (χ1v) is 7.33. The molecule has 0 aliphatic heterocycles. The number of aryl methyl sites for hydroxylation is 2. The quantitative estimate of drug-likeness (QED) is 0.582. The van der Waals surface area contributed by atoms with E-state index in [4.69, 9.17) is 9.84 Å². The summed E-state index contributed by atoms with van der Waals surface area (Å²) in [5.41, 5.74) is 1.15. The molecule has 0 aromatic carbocycles. The Morgan fingerprint density at radius 2 is 2.14 bits per heavy atom. The van der Waals surface area contributed by atoms with Crippen LogP contribution in [0.4, 0.5) is 0 Å². The van der Waals surface area contributed by atoms with E-state index in [-0.39, 0.29) is 18.7 Å². The van der Waals surface area contributed by atoms with E-state index in [9.17, 15) is 14.9 Å². The average Bonchev–Trinajstić information content (AvgIpc) is 2.51. The third-order valence-corrected chi connectivity index (χ3v) is 3.24. The largest absolute Gasteiger partial charge is 0.464 e. The van der Waals surface area contributed by atoms with Gasteiger partial charge in [0.05, 0.1) is 12.3 Å². The van der Waals surface area contributed by atoms with Crippen molar-refractivity contribution in [3.05, 3.63) is 27.2 Å². The number of esters is 1. The average molecular weight is 307 g/mol. The zero-order valence-corrected chi connectivity index (χ0v) is 13.1. The maximum atomic E-state index is 12.2. The number of carbonyl (C=O) groups is 1. The molecule has 0 bridgehead atoms. The minimum atomic E-state index is -1.17. The van der Waals surface area contributed by atoms with Gasteiger partial charge in [-0.3, -0.25) is 4.79 Å². The van der Waals surface area contributed by atoms with Crippen LogP contribution in [-0.2, 0) is 28.9 Å². The fourth-order valence-electron chi connectivity index (χ4n) is 2.09. The van der Waals surface area contributed by atoms with Crippen LogP contribution in [0.15, 0.2) is 4.79 Å². The molecule has 1 unspecified atom stereocenters. The molecule has 1 heterocycles. The lowest BCUT2D eigenvalue weighted by atomic mass is 10.0. The Morgan fingerprint density at radius 1 is 1.45 bits per heavy atom. The Hall–Kier alpha value is -2.20. The maximum Gasteiger partial charge on any atom is 0.334 e. The van der Waals surface area contributed by atoms with Gasteiger partial charge in [-0.2, -0.15) is 10.4 Å². The van der Waals surface area contributed by atoms with Gasteiger partial charge in [0.1, 0.15) is 17.7 Å². The molecule has 0 saturated carbocycles. The molecule has 120 valence electrons. The summed E-state index contributed by atoms with van der Waals surface area (Å²) in [6, 6.07) is 1.96. The molecule has 1 aromatic heterocycles. The Bertz CT molecular complexity index is 629. The summed E-state index contributed by atoms with van der Waals surface area (Å²) in [5, 5.41) is 22.5. The van der Waals surface area contributed by atoms with Gasteiger partial charge in [0.25, 0.3) is 5.56 Å². The molecule has 0 spiro atoms. The third kappa shape index (κ3) is 4.15. The number of carbonyl (C=O) groups excluding carboxylic acids is 1. The van der Waals surface area contributed by atoms with Crippen molar-refractivity contribution in [2.75, 3.05) is 6.61 Å². The molecule has 0 aliphatic carbocycles. The van der Waals surface area contributed by atoms with Gasteiger partial charge in [0.15, 0.2) is 0 Å². The molecule has 0 amide bonds. The van der Waals surface area contributed by atoms with E-state index >= 15 is 0 Å². The Balaban J connectivity index is 2.86. The molecular weight excluding hydrogens is 286 g/mol. The normalized spacial score (nSPS) is 11.8. The summed E-state index contributed by atoms with van der Waals surface area (Å²) in [4.78, 5) is 23.3. The number of hydrogen-bond donors (Lipinski definition) is 1. The van der Waals surface area contributed by atoms with Crippen molar-refractivity contribution in [2.24, 2.45) is 0 Å². The standard InChI is InChI=1S/C15H21N3O4/c1-4-11-12(9-16)14(20)18(17-13(11)5-2)7-6-8-22-15(21)10(3)19/h10,19H,4-8H2,1-3H3. The van der Waals surface area contributed by atoms with E-state index in [1.807, 2.05) is 19.9 Å². The van der Waals surface area contributed by atoms with Crippen LogP contribution in [0, 0.1) is 11.3 Å². The van der Waals surface area contributed by atoms with Crippen LogP contribution in [0.1, 0.15) is 44.0 Å². The van der Waals surface area contributed by atoms with Crippen molar-refractivity contribution in [1.29, 1.82) is 5.26 Å². The molecule has 1 N–H and O–H groups in total. The van der Waals surface area contributed by atoms with E-state index in [1.54, 1.807) is 0 Å². The lowest BCUT2D eigenvalue weighted by Crippen LogP contribution is -2.29. The molecule has 1 atom stereocenters. The van der Waals surface area contributed by atoms with Crippen LogP contribution in [0.5, 0.6) is 0 Å². The van der Waals surface area contributed by atoms with E-state index in [0.29, 0.717) is 24.8 Å². The van der Waals surface area contributed by atoms with E-state index < -0.39 is 17.6 Å². The maximum absolute atomic E-state index is 12.2. The van der Waals surface area contributed by atoms with Gasteiger partial charge in [-0.05, 0) is 25.3 Å². The number of aliphatic hydroxyl groups excluding tert-OH is 1. The van der Waals surface area contributed by atoms with Crippen LogP contribution >= 0.6 is 0 Å². The van der Waals surface area contributed by atoms with Crippen molar-refractivity contribution < 1.29 is 14.6 Å². The molecule has 0 saturated heterocycles. The lowest BCUT2D eigenvalue weighted by molar-refractivity contribution is -0.152. The predicted molar refractivity (Wildman–Crippen MR) is 79.2 cm³/mol. The number of aromatic nitrogens is 2. The fraction of sp³-hybridized carbons (Fsp3) is 0.600. The fourth-order valence-corrected chi connectivity index (χ4v) is 2.09. The number of hydrogen-bond acceptors (Lipinski definition) is 6. The van der Waals surface area contributed by atoms with Gasteiger partial charge in [-0.15, -0.1) is 0 Å². The predicted octanol–water partition coefficient (Wildman–Crippen LogP) is 0.554. The van der Waals surface area contributed by atoms with Gasteiger partial charge in [-0.25, -0.2) is 9.48 Å². The summed E-state index contributed by atoms with van der Waals surface area (Å²) in [7, 11) is 0. The van der Waals surface area contributed by atoms with Gasteiger partial charge < -0.3 is 9.84 Å². The van der Waals surface area contributed by atoms with Crippen LogP contribution < -0.4 is 5.56 Å². The van der Waals surface area contributed by atoms with Gasteiger partial charge in [0, 0.05) is 13.0 Å². The second kappa shape index (κ2) is 8.29. The first-order valence-electron chi connectivity index (χ1n) is 7.33. The van der Waals surface area contributed by atoms with Crippen LogP contribution in [0.3, 0.4) is 0 Å². The zero-order valence-electron chi connectivity index (χ0n) is 13.1. The second-order valence-electron chi connectivity index (χ2n) is 4.84. The van der Waals surface area contributed by atoms with Crippen LogP contribution in [-0.4, -0.2) is 33.6 Å². The minimum absolute atomic E-state index is 0.0801. The summed E-state index contributed by atoms with van der Waals surface area (Å²) in [6.07, 6.45) is 0.433. The van der Waals surface area contributed by atoms with Gasteiger partial charge >= 0.3 is 5.97 Å². The topological polar surface area (TPSA) is 105 Å². The summed E-state index contributed by atoms with van der Waals surface area (Å²) in [6.45, 7) is 5.46. The van der Waals surface area contributed by atoms with Crippen molar-refractivity contribution in [1.82, 2.24) is 9.78 Å². The number of nitrogens with zero attached hydrogens (tertiary/aromatic N) is 3. The molecule has 1 rings (SSSR count). The summed E-state index contributed by atoms with van der Waals surface area (Å²) >= 11 is 0. The first kappa shape index (κ1) is 17.9. The van der Waals surface area contributed by atoms with E-state index in [1.165, 1.54) is 11.6 Å². The highest BCUT2D eigenvalue weighted by atomic mass is 16.5. The van der Waals surface area contributed by atoms with Crippen LogP contribution in [0.2, 0.25) is 0 Å². The Morgan fingerprint density at radius 3 is 2.64 bits per heavy atom. The number of rotatable bonds is 7. The van der Waals surface area contributed by atoms with Crippen LogP contribution in [0.25, 0.3) is 0 Å². The number of nitriles is 1. The lowest BCUT2D eigenvalue weighted by Gasteiger charge is -2.12. The van der Waals surface area contributed by atoms with Gasteiger partial charge in [-0.1, -0.05) is 13.8 Å².